The molecular weight excluding hydrogens is 278 g/mol. The highest BCUT2D eigenvalue weighted by atomic mass is 16.2. The number of carbonyl (C=O) groups is 1. The molecule has 6 heteroatoms. The highest BCUT2D eigenvalue weighted by Gasteiger charge is 2.18. The zero-order valence-electron chi connectivity index (χ0n) is 13.8. The van der Waals surface area contributed by atoms with E-state index in [1.54, 1.807) is 15.8 Å². The van der Waals surface area contributed by atoms with Crippen LogP contribution < -0.4 is 0 Å². The maximum Gasteiger partial charge on any atom is 0.271 e. The first-order valence-electron chi connectivity index (χ1n) is 7.81. The molecule has 0 radical (unpaired) electrons. The molecule has 2 rings (SSSR count). The number of aryl methyl sites for hydroxylation is 1. The van der Waals surface area contributed by atoms with Crippen LogP contribution in [-0.4, -0.2) is 44.4 Å². The van der Waals surface area contributed by atoms with Crippen LogP contribution in [0.1, 0.15) is 42.5 Å². The van der Waals surface area contributed by atoms with Gasteiger partial charge in [0.05, 0.1) is 11.9 Å². The summed E-state index contributed by atoms with van der Waals surface area (Å²) in [5.41, 5.74) is 2.76. The Kier molecular flexibility index (Phi) is 5.35. The van der Waals surface area contributed by atoms with Crippen LogP contribution in [0.3, 0.4) is 0 Å². The first kappa shape index (κ1) is 16.3. The minimum Gasteiger partial charge on any atom is -0.340 e. The van der Waals surface area contributed by atoms with Gasteiger partial charge in [0.25, 0.3) is 5.91 Å². The van der Waals surface area contributed by atoms with Gasteiger partial charge in [0, 0.05) is 26.3 Å². The lowest BCUT2D eigenvalue weighted by molar-refractivity contribution is 0.0784. The van der Waals surface area contributed by atoms with Crippen molar-refractivity contribution in [1.29, 1.82) is 0 Å². The summed E-state index contributed by atoms with van der Waals surface area (Å²) in [4.78, 5) is 14.4. The number of amides is 1. The van der Waals surface area contributed by atoms with E-state index in [1.807, 2.05) is 26.2 Å². The average Bonchev–Trinajstić information content (AvgIpc) is 3.12. The quantitative estimate of drug-likeness (QED) is 0.852. The van der Waals surface area contributed by atoms with Gasteiger partial charge in [0.15, 0.2) is 0 Å². The standard InChI is InChI=1S/C16H25N5O/c1-5-21-15(9-14(19-21)8-12(2)3)16(22)20(4)7-6-13-10-17-18-11-13/h9-12H,5-8H2,1-4H3,(H,17,18). The maximum absolute atomic E-state index is 12.6. The van der Waals surface area contributed by atoms with E-state index in [2.05, 4.69) is 29.1 Å². The van der Waals surface area contributed by atoms with E-state index < -0.39 is 0 Å². The van der Waals surface area contributed by atoms with Gasteiger partial charge in [0.1, 0.15) is 5.69 Å². The minimum absolute atomic E-state index is 0.0212. The molecule has 1 amide bonds. The lowest BCUT2D eigenvalue weighted by atomic mass is 10.1. The fourth-order valence-corrected chi connectivity index (χ4v) is 2.41. The van der Waals surface area contributed by atoms with Crippen molar-refractivity contribution in [3.05, 3.63) is 35.4 Å². The summed E-state index contributed by atoms with van der Waals surface area (Å²) in [6.07, 6.45) is 5.33. The molecule has 2 aromatic heterocycles. The summed E-state index contributed by atoms with van der Waals surface area (Å²) in [7, 11) is 1.83. The molecule has 2 aromatic rings. The fourth-order valence-electron chi connectivity index (χ4n) is 2.41. The van der Waals surface area contributed by atoms with E-state index in [0.717, 1.165) is 24.1 Å². The Balaban J connectivity index is 2.05. The van der Waals surface area contributed by atoms with Gasteiger partial charge in [-0.15, -0.1) is 0 Å². The summed E-state index contributed by atoms with van der Waals surface area (Å²) in [6.45, 7) is 7.68. The molecule has 0 aliphatic heterocycles. The summed E-state index contributed by atoms with van der Waals surface area (Å²) in [5, 5.41) is 11.2. The monoisotopic (exact) mass is 303 g/mol. The number of aromatic amines is 1. The van der Waals surface area contributed by atoms with Gasteiger partial charge in [-0.1, -0.05) is 13.8 Å². The molecule has 0 atom stereocenters. The van der Waals surface area contributed by atoms with Gasteiger partial charge in [-0.05, 0) is 37.3 Å². The largest absolute Gasteiger partial charge is 0.340 e. The number of hydrogen-bond acceptors (Lipinski definition) is 3. The van der Waals surface area contributed by atoms with Gasteiger partial charge >= 0.3 is 0 Å². The van der Waals surface area contributed by atoms with Crippen molar-refractivity contribution >= 4 is 5.91 Å². The Labute approximate surface area is 131 Å². The number of rotatable bonds is 7. The van der Waals surface area contributed by atoms with E-state index in [-0.39, 0.29) is 5.91 Å². The smallest absolute Gasteiger partial charge is 0.271 e. The van der Waals surface area contributed by atoms with Gasteiger partial charge in [-0.25, -0.2) is 0 Å². The summed E-state index contributed by atoms with van der Waals surface area (Å²) >= 11 is 0. The molecule has 0 saturated heterocycles. The van der Waals surface area contributed by atoms with Crippen molar-refractivity contribution in [2.45, 2.75) is 40.2 Å². The van der Waals surface area contributed by atoms with Crippen molar-refractivity contribution in [3.63, 3.8) is 0 Å². The highest BCUT2D eigenvalue weighted by Crippen LogP contribution is 2.12. The zero-order chi connectivity index (χ0) is 16.1. The third-order valence-electron chi connectivity index (χ3n) is 3.60. The van der Waals surface area contributed by atoms with Gasteiger partial charge in [0.2, 0.25) is 0 Å². The van der Waals surface area contributed by atoms with Crippen molar-refractivity contribution in [1.82, 2.24) is 24.9 Å². The Bertz CT molecular complexity index is 600. The van der Waals surface area contributed by atoms with Crippen molar-refractivity contribution in [2.75, 3.05) is 13.6 Å². The molecule has 0 saturated carbocycles. The molecule has 22 heavy (non-hydrogen) atoms. The van der Waals surface area contributed by atoms with Gasteiger partial charge in [-0.3, -0.25) is 14.6 Å². The molecule has 6 nitrogen and oxygen atoms in total. The second-order valence-corrected chi connectivity index (χ2v) is 6.02. The Hall–Kier alpha value is -2.11. The number of hydrogen-bond donors (Lipinski definition) is 1. The number of aromatic nitrogens is 4. The molecule has 0 aromatic carbocycles. The Morgan fingerprint density at radius 2 is 2.23 bits per heavy atom. The van der Waals surface area contributed by atoms with Crippen LogP contribution in [0, 0.1) is 5.92 Å². The number of nitrogens with one attached hydrogen (secondary N) is 1. The first-order chi connectivity index (χ1) is 10.5. The van der Waals surface area contributed by atoms with Crippen molar-refractivity contribution < 1.29 is 4.79 Å². The number of H-pyrrole nitrogens is 1. The predicted molar refractivity (Wildman–Crippen MR) is 85.7 cm³/mol. The van der Waals surface area contributed by atoms with Crippen LogP contribution in [0.4, 0.5) is 0 Å². The predicted octanol–water partition coefficient (Wildman–Crippen LogP) is 2.14. The lowest BCUT2D eigenvalue weighted by Gasteiger charge is -2.17. The summed E-state index contributed by atoms with van der Waals surface area (Å²) < 4.78 is 1.80. The topological polar surface area (TPSA) is 66.8 Å². The van der Waals surface area contributed by atoms with E-state index in [0.29, 0.717) is 24.7 Å². The molecular formula is C16H25N5O. The van der Waals surface area contributed by atoms with Crippen LogP contribution in [0.25, 0.3) is 0 Å². The summed E-state index contributed by atoms with van der Waals surface area (Å²) in [6, 6.07) is 1.93. The first-order valence-corrected chi connectivity index (χ1v) is 7.81. The highest BCUT2D eigenvalue weighted by molar-refractivity contribution is 5.92. The maximum atomic E-state index is 12.6. The SMILES string of the molecule is CCn1nc(CC(C)C)cc1C(=O)N(C)CCc1cn[nH]c1. The number of likely N-dealkylation sites (N-methyl/N-ethyl adjacent to an activating group) is 1. The van der Waals surface area contributed by atoms with Crippen molar-refractivity contribution in [3.8, 4) is 0 Å². The third kappa shape index (κ3) is 3.96. The fraction of sp³-hybridized carbons (Fsp3) is 0.562. The van der Waals surface area contributed by atoms with Crippen LogP contribution in [0.15, 0.2) is 18.5 Å². The van der Waals surface area contributed by atoms with Crippen LogP contribution in [-0.2, 0) is 19.4 Å². The average molecular weight is 303 g/mol. The van der Waals surface area contributed by atoms with E-state index in [1.165, 1.54) is 0 Å². The van der Waals surface area contributed by atoms with Gasteiger partial charge in [-0.2, -0.15) is 10.2 Å². The van der Waals surface area contributed by atoms with Gasteiger partial charge < -0.3 is 4.90 Å². The minimum atomic E-state index is 0.0212. The van der Waals surface area contributed by atoms with E-state index in [4.69, 9.17) is 0 Å². The molecule has 0 fully saturated rings. The van der Waals surface area contributed by atoms with Crippen LogP contribution >= 0.6 is 0 Å². The Morgan fingerprint density at radius 1 is 1.45 bits per heavy atom. The molecule has 2 heterocycles. The molecule has 120 valence electrons. The second kappa shape index (κ2) is 7.24. The molecule has 0 spiro atoms. The molecule has 0 unspecified atom stereocenters. The van der Waals surface area contributed by atoms with E-state index in [9.17, 15) is 4.79 Å². The molecule has 1 N–H and O–H groups in total. The lowest BCUT2D eigenvalue weighted by Crippen LogP contribution is -2.30. The third-order valence-corrected chi connectivity index (χ3v) is 3.60. The number of carbonyl (C=O) groups excluding carboxylic acids is 1. The second-order valence-electron chi connectivity index (χ2n) is 6.02. The van der Waals surface area contributed by atoms with Crippen molar-refractivity contribution in [2.24, 2.45) is 5.92 Å². The molecule has 0 aliphatic carbocycles. The Morgan fingerprint density at radius 3 is 2.82 bits per heavy atom. The van der Waals surface area contributed by atoms with Crippen LogP contribution in [0.2, 0.25) is 0 Å². The molecule has 0 bridgehead atoms. The summed E-state index contributed by atoms with van der Waals surface area (Å²) in [5.74, 6) is 0.551. The zero-order valence-corrected chi connectivity index (χ0v) is 13.8. The van der Waals surface area contributed by atoms with E-state index >= 15 is 0 Å². The number of nitrogens with zero attached hydrogens (tertiary/aromatic N) is 4. The molecule has 0 aliphatic rings. The normalized spacial score (nSPS) is 11.1. The van der Waals surface area contributed by atoms with Crippen LogP contribution in [0.5, 0.6) is 0 Å².